The van der Waals surface area contributed by atoms with Gasteiger partial charge in [0.05, 0.1) is 0 Å². The lowest BCUT2D eigenvalue weighted by Crippen LogP contribution is -2.49. The van der Waals surface area contributed by atoms with Crippen LogP contribution in [0.1, 0.15) is 27.9 Å². The van der Waals surface area contributed by atoms with Crippen molar-refractivity contribution in [1.29, 1.82) is 0 Å². The van der Waals surface area contributed by atoms with Crippen LogP contribution in [0.25, 0.3) is 0 Å². The van der Waals surface area contributed by atoms with Crippen molar-refractivity contribution in [1.82, 2.24) is 4.90 Å². The monoisotopic (exact) mass is 385 g/mol. The van der Waals surface area contributed by atoms with Gasteiger partial charge in [0.2, 0.25) is 0 Å². The lowest BCUT2D eigenvalue weighted by Gasteiger charge is -2.35. The van der Waals surface area contributed by atoms with Crippen LogP contribution in [-0.4, -0.2) is 21.9 Å². The smallest absolute Gasteiger partial charge is 0.334 e. The fourth-order valence-electron chi connectivity index (χ4n) is 3.22. The number of benzene rings is 2. The summed E-state index contributed by atoms with van der Waals surface area (Å²) in [5.74, 6) is -1.31. The molecule has 0 saturated heterocycles. The molecule has 1 aliphatic heterocycles. The van der Waals surface area contributed by atoms with Crippen molar-refractivity contribution in [3.63, 3.8) is 0 Å². The number of halogens is 1. The molecule has 1 N–H and O–H groups in total. The molecule has 1 unspecified atom stereocenters. The van der Waals surface area contributed by atoms with Gasteiger partial charge < -0.3 is 10.0 Å². The van der Waals surface area contributed by atoms with Gasteiger partial charge in [-0.25, -0.2) is 4.79 Å². The highest BCUT2D eigenvalue weighted by atomic mass is 79.9. The third-order valence-corrected chi connectivity index (χ3v) is 4.89. The number of rotatable bonds is 5. The van der Waals surface area contributed by atoms with Crippen LogP contribution in [0.5, 0.6) is 0 Å². The topological polar surface area (TPSA) is 57.6 Å². The van der Waals surface area contributed by atoms with Gasteiger partial charge in [-0.2, -0.15) is 0 Å². The van der Waals surface area contributed by atoms with E-state index in [-0.39, 0.29) is 18.9 Å². The van der Waals surface area contributed by atoms with E-state index in [1.165, 1.54) is 4.90 Å². The number of hydrogen-bond acceptors (Lipinski definition) is 2. The highest BCUT2D eigenvalue weighted by Crippen LogP contribution is 2.43. The van der Waals surface area contributed by atoms with Gasteiger partial charge in [-0.3, -0.25) is 4.79 Å². The summed E-state index contributed by atoms with van der Waals surface area (Å²) in [5, 5.41) is 10.0. The number of carbonyl (C=O) groups is 2. The van der Waals surface area contributed by atoms with Gasteiger partial charge in [0.15, 0.2) is 5.54 Å². The van der Waals surface area contributed by atoms with Crippen LogP contribution in [0.4, 0.5) is 0 Å². The van der Waals surface area contributed by atoms with Crippen molar-refractivity contribution in [2.24, 2.45) is 0 Å². The van der Waals surface area contributed by atoms with Crippen LogP contribution in [0, 0.1) is 0 Å². The van der Waals surface area contributed by atoms with Gasteiger partial charge in [-0.15, -0.1) is 6.58 Å². The molecule has 3 rings (SSSR count). The molecule has 0 saturated carbocycles. The van der Waals surface area contributed by atoms with E-state index in [2.05, 4.69) is 22.5 Å². The van der Waals surface area contributed by atoms with Crippen molar-refractivity contribution >= 4 is 27.8 Å². The molecule has 0 bridgehead atoms. The van der Waals surface area contributed by atoms with E-state index in [1.54, 1.807) is 30.3 Å². The zero-order valence-electron chi connectivity index (χ0n) is 12.9. The molecule has 0 aliphatic carbocycles. The zero-order valence-corrected chi connectivity index (χ0v) is 14.5. The molecule has 0 aromatic heterocycles. The summed E-state index contributed by atoms with van der Waals surface area (Å²) < 4.78 is 0.929. The SMILES string of the molecule is C=CCC1(C(=O)O)c2ccccc2C(=O)N1Cc1ccc(Br)cc1. The lowest BCUT2D eigenvalue weighted by molar-refractivity contribution is -0.150. The maximum Gasteiger partial charge on any atom is 0.334 e. The van der Waals surface area contributed by atoms with Gasteiger partial charge in [-0.1, -0.05) is 52.3 Å². The first-order valence-electron chi connectivity index (χ1n) is 7.51. The fourth-order valence-corrected chi connectivity index (χ4v) is 3.48. The first-order chi connectivity index (χ1) is 11.5. The summed E-state index contributed by atoms with van der Waals surface area (Å²) in [4.78, 5) is 26.5. The number of aliphatic carboxylic acids is 1. The van der Waals surface area contributed by atoms with Gasteiger partial charge in [0, 0.05) is 28.6 Å². The number of carboxylic acid groups (broad SMARTS) is 1. The van der Waals surface area contributed by atoms with Crippen molar-refractivity contribution < 1.29 is 14.7 Å². The molecule has 1 aliphatic rings. The van der Waals surface area contributed by atoms with E-state index in [9.17, 15) is 14.7 Å². The van der Waals surface area contributed by atoms with E-state index >= 15 is 0 Å². The molecule has 2 aromatic carbocycles. The largest absolute Gasteiger partial charge is 0.479 e. The Morgan fingerprint density at radius 3 is 2.50 bits per heavy atom. The van der Waals surface area contributed by atoms with Crippen LogP contribution >= 0.6 is 15.9 Å². The Morgan fingerprint density at radius 1 is 1.21 bits per heavy atom. The average molecular weight is 386 g/mol. The first kappa shape index (κ1) is 16.5. The second kappa shape index (κ2) is 6.24. The molecule has 24 heavy (non-hydrogen) atoms. The lowest BCUT2D eigenvalue weighted by atomic mass is 9.86. The summed E-state index contributed by atoms with van der Waals surface area (Å²) in [6, 6.07) is 14.4. The normalized spacial score (nSPS) is 19.2. The molecule has 4 nitrogen and oxygen atoms in total. The Kier molecular flexibility index (Phi) is 4.28. The van der Waals surface area contributed by atoms with Crippen molar-refractivity contribution in [2.45, 2.75) is 18.5 Å². The minimum Gasteiger partial charge on any atom is -0.479 e. The second-order valence-corrected chi connectivity index (χ2v) is 6.64. The van der Waals surface area contributed by atoms with Crippen LogP contribution < -0.4 is 0 Å². The summed E-state index contributed by atoms with van der Waals surface area (Å²) in [6.07, 6.45) is 1.71. The Hall–Kier alpha value is -2.40. The Bertz CT molecular complexity index is 816. The van der Waals surface area contributed by atoms with Crippen molar-refractivity contribution in [2.75, 3.05) is 0 Å². The number of carbonyl (C=O) groups excluding carboxylic acids is 1. The van der Waals surface area contributed by atoms with Gasteiger partial charge in [0.25, 0.3) is 5.91 Å². The van der Waals surface area contributed by atoms with Crippen LogP contribution in [-0.2, 0) is 16.9 Å². The molecule has 0 radical (unpaired) electrons. The van der Waals surface area contributed by atoms with Crippen LogP contribution in [0.15, 0.2) is 65.7 Å². The van der Waals surface area contributed by atoms with Crippen LogP contribution in [0.2, 0.25) is 0 Å². The molecular weight excluding hydrogens is 370 g/mol. The van der Waals surface area contributed by atoms with E-state index in [1.807, 2.05) is 24.3 Å². The minimum absolute atomic E-state index is 0.154. The number of nitrogens with zero attached hydrogens (tertiary/aromatic N) is 1. The summed E-state index contributed by atoms with van der Waals surface area (Å²) in [7, 11) is 0. The highest BCUT2D eigenvalue weighted by molar-refractivity contribution is 9.10. The zero-order chi connectivity index (χ0) is 17.3. The molecule has 1 heterocycles. The Labute approximate surface area is 148 Å². The molecule has 2 aromatic rings. The molecular formula is C19H16BrNO3. The molecule has 1 amide bonds. The molecule has 0 fully saturated rings. The molecule has 0 spiro atoms. The number of carboxylic acids is 1. The maximum atomic E-state index is 12.9. The Balaban J connectivity index is 2.12. The fraction of sp³-hybridized carbons (Fsp3) is 0.158. The number of amides is 1. The van der Waals surface area contributed by atoms with Gasteiger partial charge >= 0.3 is 5.97 Å². The first-order valence-corrected chi connectivity index (χ1v) is 8.30. The van der Waals surface area contributed by atoms with Gasteiger partial charge in [-0.05, 0) is 23.8 Å². The second-order valence-electron chi connectivity index (χ2n) is 5.72. The van der Waals surface area contributed by atoms with E-state index in [4.69, 9.17) is 0 Å². The third kappa shape index (κ3) is 2.45. The number of fused-ring (bicyclic) bond motifs is 1. The summed E-state index contributed by atoms with van der Waals surface area (Å²) >= 11 is 3.38. The summed E-state index contributed by atoms with van der Waals surface area (Å²) in [5.41, 5.74) is 0.426. The Morgan fingerprint density at radius 2 is 1.88 bits per heavy atom. The van der Waals surface area contributed by atoms with E-state index in [0.29, 0.717) is 11.1 Å². The predicted molar refractivity (Wildman–Crippen MR) is 94.6 cm³/mol. The minimum atomic E-state index is -1.41. The highest BCUT2D eigenvalue weighted by Gasteiger charge is 2.54. The van der Waals surface area contributed by atoms with Crippen LogP contribution in [0.3, 0.4) is 0 Å². The quantitative estimate of drug-likeness (QED) is 0.792. The predicted octanol–water partition coefficient (Wildman–Crippen LogP) is 3.96. The maximum absolute atomic E-state index is 12.9. The molecule has 122 valence electrons. The van der Waals surface area contributed by atoms with Crippen molar-refractivity contribution in [3.8, 4) is 0 Å². The average Bonchev–Trinajstić information content (AvgIpc) is 2.81. The molecule has 1 atom stereocenters. The number of hydrogen-bond donors (Lipinski definition) is 1. The third-order valence-electron chi connectivity index (χ3n) is 4.36. The van der Waals surface area contributed by atoms with Crippen molar-refractivity contribution in [3.05, 3.63) is 82.3 Å². The summed E-state index contributed by atoms with van der Waals surface area (Å²) in [6.45, 7) is 3.92. The van der Waals surface area contributed by atoms with E-state index in [0.717, 1.165) is 10.0 Å². The van der Waals surface area contributed by atoms with Gasteiger partial charge in [0.1, 0.15) is 0 Å². The van der Waals surface area contributed by atoms with E-state index < -0.39 is 11.5 Å². The molecule has 5 heteroatoms. The standard InChI is InChI=1S/C19H16BrNO3/c1-2-11-19(18(23)24)16-6-4-3-5-15(16)17(22)21(19)12-13-7-9-14(20)10-8-13/h2-10H,1,11-12H2,(H,23,24).